The minimum absolute atomic E-state index is 0.550. The first-order chi connectivity index (χ1) is 10.1. The zero-order valence-corrected chi connectivity index (χ0v) is 13.1. The fraction of sp³-hybridized carbons (Fsp3) is 0.250. The molecule has 0 fully saturated rings. The number of nitrogens with one attached hydrogen (secondary N) is 1. The van der Waals surface area contributed by atoms with E-state index < -0.39 is 0 Å². The van der Waals surface area contributed by atoms with Gasteiger partial charge in [-0.2, -0.15) is 0 Å². The van der Waals surface area contributed by atoms with E-state index in [0.29, 0.717) is 11.8 Å². The van der Waals surface area contributed by atoms with Crippen LogP contribution in [0.5, 0.6) is 0 Å². The van der Waals surface area contributed by atoms with Gasteiger partial charge in [-0.1, -0.05) is 12.1 Å². The van der Waals surface area contributed by atoms with Gasteiger partial charge in [0.1, 0.15) is 0 Å². The third-order valence-electron chi connectivity index (χ3n) is 3.30. The van der Waals surface area contributed by atoms with Gasteiger partial charge in [-0.25, -0.2) is 0 Å². The second-order valence-electron chi connectivity index (χ2n) is 4.96. The van der Waals surface area contributed by atoms with Gasteiger partial charge in [0.05, 0.1) is 5.56 Å². The average molecular weight is 299 g/mol. The number of hydrogen-bond donors (Lipinski definition) is 1. The Morgan fingerprint density at radius 1 is 1.14 bits per heavy atom. The van der Waals surface area contributed by atoms with E-state index in [1.165, 1.54) is 15.3 Å². The number of nitrogens with zero attached hydrogens (tertiary/aromatic N) is 2. The first-order valence-corrected chi connectivity index (χ1v) is 7.64. The molecular weight excluding hydrogens is 282 g/mol. The highest BCUT2D eigenvalue weighted by molar-refractivity contribution is 7.12. The third kappa shape index (κ3) is 2.97. The molecule has 0 saturated carbocycles. The Kier molecular flexibility index (Phi) is 3.75. The van der Waals surface area contributed by atoms with E-state index in [2.05, 4.69) is 35.4 Å². The third-order valence-corrected chi connectivity index (χ3v) is 4.30. The molecule has 1 aromatic carbocycles. The minimum atomic E-state index is 0.550. The number of benzene rings is 1. The number of aryl methyl sites for hydroxylation is 3. The summed E-state index contributed by atoms with van der Waals surface area (Å²) in [6.45, 7) is 6.88. The summed E-state index contributed by atoms with van der Waals surface area (Å²) in [5.74, 6) is 1.12. The predicted molar refractivity (Wildman–Crippen MR) is 85.6 cm³/mol. The van der Waals surface area contributed by atoms with Gasteiger partial charge in [-0.05, 0) is 37.6 Å². The van der Waals surface area contributed by atoms with Crippen LogP contribution >= 0.6 is 11.3 Å². The molecule has 0 aliphatic carbocycles. The van der Waals surface area contributed by atoms with E-state index >= 15 is 0 Å². The van der Waals surface area contributed by atoms with Crippen LogP contribution in [0, 0.1) is 20.8 Å². The van der Waals surface area contributed by atoms with Gasteiger partial charge < -0.3 is 9.73 Å². The lowest BCUT2D eigenvalue weighted by Crippen LogP contribution is -2.01. The SMILES string of the molecule is Cc1nnc(-c2ccccc2NCc2cc(C)sc2C)o1. The first kappa shape index (κ1) is 13.8. The molecule has 3 aromatic rings. The van der Waals surface area contributed by atoms with Crippen molar-refractivity contribution in [3.05, 3.63) is 51.5 Å². The minimum Gasteiger partial charge on any atom is -0.421 e. The lowest BCUT2D eigenvalue weighted by atomic mass is 10.1. The maximum atomic E-state index is 5.53. The van der Waals surface area contributed by atoms with E-state index in [1.807, 2.05) is 35.6 Å². The highest BCUT2D eigenvalue weighted by Gasteiger charge is 2.11. The molecule has 5 heteroatoms. The van der Waals surface area contributed by atoms with Crippen LogP contribution in [0.4, 0.5) is 5.69 Å². The van der Waals surface area contributed by atoms with Gasteiger partial charge in [0.2, 0.25) is 11.8 Å². The molecule has 2 aromatic heterocycles. The fourth-order valence-corrected chi connectivity index (χ4v) is 3.22. The number of rotatable bonds is 4. The Labute approximate surface area is 127 Å². The normalized spacial score (nSPS) is 10.8. The lowest BCUT2D eigenvalue weighted by molar-refractivity contribution is 0.533. The van der Waals surface area contributed by atoms with Gasteiger partial charge in [-0.3, -0.25) is 0 Å². The Hall–Kier alpha value is -2.14. The second-order valence-corrected chi connectivity index (χ2v) is 6.42. The second kappa shape index (κ2) is 5.69. The highest BCUT2D eigenvalue weighted by Crippen LogP contribution is 2.28. The van der Waals surface area contributed by atoms with Crippen molar-refractivity contribution >= 4 is 17.0 Å². The van der Waals surface area contributed by atoms with Crippen LogP contribution in [-0.2, 0) is 6.54 Å². The molecule has 3 rings (SSSR count). The van der Waals surface area contributed by atoms with Crippen LogP contribution in [-0.4, -0.2) is 10.2 Å². The number of para-hydroxylation sites is 1. The van der Waals surface area contributed by atoms with Crippen molar-refractivity contribution in [3.63, 3.8) is 0 Å². The summed E-state index contributed by atoms with van der Waals surface area (Å²) in [7, 11) is 0. The standard InChI is InChI=1S/C16H17N3OS/c1-10-8-13(11(2)21-10)9-17-15-7-5-4-6-14(15)16-19-18-12(3)20-16/h4-8,17H,9H2,1-3H3. The molecule has 0 unspecified atom stereocenters. The van der Waals surface area contributed by atoms with Crippen LogP contribution in [0.15, 0.2) is 34.7 Å². The van der Waals surface area contributed by atoms with Crippen molar-refractivity contribution in [2.75, 3.05) is 5.32 Å². The predicted octanol–water partition coefficient (Wildman–Crippen LogP) is 4.34. The zero-order chi connectivity index (χ0) is 14.8. The van der Waals surface area contributed by atoms with Gasteiger partial charge in [-0.15, -0.1) is 21.5 Å². The van der Waals surface area contributed by atoms with Crippen LogP contribution in [0.3, 0.4) is 0 Å². The number of hydrogen-bond acceptors (Lipinski definition) is 5. The fourth-order valence-electron chi connectivity index (χ4n) is 2.28. The molecular formula is C16H17N3OS. The summed E-state index contributed by atoms with van der Waals surface area (Å²) < 4.78 is 5.53. The lowest BCUT2D eigenvalue weighted by Gasteiger charge is -2.09. The van der Waals surface area contributed by atoms with Crippen molar-refractivity contribution in [2.24, 2.45) is 0 Å². The maximum absolute atomic E-state index is 5.53. The largest absolute Gasteiger partial charge is 0.421 e. The molecule has 0 radical (unpaired) electrons. The molecule has 0 saturated heterocycles. The Balaban J connectivity index is 1.84. The number of anilines is 1. The molecule has 0 bridgehead atoms. The molecule has 0 atom stereocenters. The van der Waals surface area contributed by atoms with E-state index in [-0.39, 0.29) is 0 Å². The molecule has 1 N–H and O–H groups in total. The summed E-state index contributed by atoms with van der Waals surface area (Å²) in [5.41, 5.74) is 3.26. The maximum Gasteiger partial charge on any atom is 0.249 e. The van der Waals surface area contributed by atoms with Crippen LogP contribution in [0.1, 0.15) is 21.2 Å². The highest BCUT2D eigenvalue weighted by atomic mass is 32.1. The van der Waals surface area contributed by atoms with Crippen LogP contribution < -0.4 is 5.32 Å². The average Bonchev–Trinajstić information content (AvgIpc) is 3.02. The summed E-state index contributed by atoms with van der Waals surface area (Å²) in [4.78, 5) is 2.69. The molecule has 21 heavy (non-hydrogen) atoms. The van der Waals surface area contributed by atoms with Gasteiger partial charge >= 0.3 is 0 Å². The van der Waals surface area contributed by atoms with Crippen LogP contribution in [0.25, 0.3) is 11.5 Å². The molecule has 2 heterocycles. The smallest absolute Gasteiger partial charge is 0.249 e. The molecule has 0 aliphatic heterocycles. The summed E-state index contributed by atoms with van der Waals surface area (Å²) in [6, 6.07) is 10.2. The van der Waals surface area contributed by atoms with Crippen molar-refractivity contribution < 1.29 is 4.42 Å². The molecule has 0 aliphatic rings. The zero-order valence-electron chi connectivity index (χ0n) is 12.3. The van der Waals surface area contributed by atoms with Crippen molar-refractivity contribution in [1.82, 2.24) is 10.2 Å². The van der Waals surface area contributed by atoms with Crippen molar-refractivity contribution in [3.8, 4) is 11.5 Å². The Bertz CT molecular complexity index is 760. The quantitative estimate of drug-likeness (QED) is 0.778. The van der Waals surface area contributed by atoms with E-state index in [9.17, 15) is 0 Å². The Morgan fingerprint density at radius 3 is 2.62 bits per heavy atom. The topological polar surface area (TPSA) is 51.0 Å². The van der Waals surface area contributed by atoms with Gasteiger partial charge in [0.25, 0.3) is 0 Å². The summed E-state index contributed by atoms with van der Waals surface area (Å²) in [6.07, 6.45) is 0. The number of aromatic nitrogens is 2. The summed E-state index contributed by atoms with van der Waals surface area (Å²) in [5, 5.41) is 11.5. The molecule has 108 valence electrons. The van der Waals surface area contributed by atoms with E-state index in [1.54, 1.807) is 6.92 Å². The molecule has 0 amide bonds. The molecule has 0 spiro atoms. The summed E-state index contributed by atoms with van der Waals surface area (Å²) >= 11 is 1.83. The first-order valence-electron chi connectivity index (χ1n) is 6.83. The monoisotopic (exact) mass is 299 g/mol. The van der Waals surface area contributed by atoms with Crippen molar-refractivity contribution in [1.29, 1.82) is 0 Å². The van der Waals surface area contributed by atoms with Crippen LogP contribution in [0.2, 0.25) is 0 Å². The van der Waals surface area contributed by atoms with Gasteiger partial charge in [0, 0.05) is 28.9 Å². The van der Waals surface area contributed by atoms with Crippen molar-refractivity contribution in [2.45, 2.75) is 27.3 Å². The number of thiophene rings is 1. The Morgan fingerprint density at radius 2 is 1.95 bits per heavy atom. The van der Waals surface area contributed by atoms with E-state index in [4.69, 9.17) is 4.42 Å². The van der Waals surface area contributed by atoms with Gasteiger partial charge in [0.15, 0.2) is 0 Å². The van der Waals surface area contributed by atoms with E-state index in [0.717, 1.165) is 17.8 Å². The molecule has 4 nitrogen and oxygen atoms in total.